The zero-order valence-electron chi connectivity index (χ0n) is 13.2. The minimum absolute atomic E-state index is 0.00874. The monoisotopic (exact) mass is 348 g/mol. The molecule has 0 radical (unpaired) electrons. The van der Waals surface area contributed by atoms with Crippen molar-refractivity contribution >= 4 is 16.8 Å². The van der Waals surface area contributed by atoms with E-state index in [9.17, 15) is 18.0 Å². The number of hydrogen-bond donors (Lipinski definition) is 1. The molecule has 25 heavy (non-hydrogen) atoms. The van der Waals surface area contributed by atoms with Crippen molar-refractivity contribution in [2.24, 2.45) is 0 Å². The number of nitrogens with one attached hydrogen (secondary N) is 1. The first-order chi connectivity index (χ1) is 11.9. The predicted octanol–water partition coefficient (Wildman–Crippen LogP) is 4.13. The number of ketones is 1. The van der Waals surface area contributed by atoms with Crippen LogP contribution in [-0.2, 0) is 11.1 Å². The lowest BCUT2D eigenvalue weighted by Gasteiger charge is -2.21. The Labute approximate surface area is 140 Å². The van der Waals surface area contributed by atoms with Gasteiger partial charge in [-0.2, -0.15) is 9.78 Å². The summed E-state index contributed by atoms with van der Waals surface area (Å²) in [5, 5.41) is 4.15. The van der Waals surface area contributed by atoms with Crippen LogP contribution in [0.5, 0.6) is 0 Å². The molecule has 0 atom stereocenters. The van der Waals surface area contributed by atoms with E-state index in [4.69, 9.17) is 0 Å². The molecule has 0 amide bonds. The molecule has 8 heteroatoms. The van der Waals surface area contributed by atoms with Crippen molar-refractivity contribution in [1.82, 2.24) is 19.7 Å². The van der Waals surface area contributed by atoms with E-state index in [-0.39, 0.29) is 16.4 Å². The van der Waals surface area contributed by atoms with Gasteiger partial charge in [0.1, 0.15) is 11.4 Å². The summed E-state index contributed by atoms with van der Waals surface area (Å²) in [6, 6.07) is 1.96. The Kier molecular flexibility index (Phi) is 3.63. The summed E-state index contributed by atoms with van der Waals surface area (Å²) < 4.78 is 38.2. The van der Waals surface area contributed by atoms with Gasteiger partial charge in [0.05, 0.1) is 6.20 Å². The second kappa shape index (κ2) is 5.72. The van der Waals surface area contributed by atoms with Gasteiger partial charge in [-0.05, 0) is 30.4 Å². The van der Waals surface area contributed by atoms with Gasteiger partial charge in [-0.1, -0.05) is 0 Å². The Morgan fingerprint density at radius 2 is 1.96 bits per heavy atom. The summed E-state index contributed by atoms with van der Waals surface area (Å²) in [6.07, 6.45) is 3.77. The number of aromatic amines is 1. The van der Waals surface area contributed by atoms with Crippen molar-refractivity contribution in [3.63, 3.8) is 0 Å². The van der Waals surface area contributed by atoms with Gasteiger partial charge < -0.3 is 4.98 Å². The van der Waals surface area contributed by atoms with E-state index in [1.165, 1.54) is 6.20 Å². The highest BCUT2D eigenvalue weighted by atomic mass is 19.4. The smallest absolute Gasteiger partial charge is 0.346 e. The van der Waals surface area contributed by atoms with Gasteiger partial charge in [0.25, 0.3) is 0 Å². The molecule has 1 fully saturated rings. The number of H-pyrrole nitrogens is 1. The van der Waals surface area contributed by atoms with Crippen LogP contribution >= 0.6 is 0 Å². The Bertz CT molecular complexity index is 931. The normalized spacial score (nSPS) is 16.7. The third-order valence-corrected chi connectivity index (χ3v) is 4.72. The SMILES string of the molecule is O=C1CCC(c2cnc3[nH]cc(-c4cnn(C(F)(F)F)c4)c3c2)CC1. The van der Waals surface area contributed by atoms with E-state index < -0.39 is 6.30 Å². The number of fused-ring (bicyclic) bond motifs is 1. The number of hydrogen-bond acceptors (Lipinski definition) is 3. The summed E-state index contributed by atoms with van der Waals surface area (Å²) in [4.78, 5) is 18.8. The van der Waals surface area contributed by atoms with E-state index in [0.717, 1.165) is 30.0 Å². The molecule has 5 nitrogen and oxygen atoms in total. The highest BCUT2D eigenvalue weighted by Gasteiger charge is 2.32. The first kappa shape index (κ1) is 15.9. The Hall–Kier alpha value is -2.64. The first-order valence-electron chi connectivity index (χ1n) is 8.03. The van der Waals surface area contributed by atoms with Crippen molar-refractivity contribution in [1.29, 1.82) is 0 Å². The van der Waals surface area contributed by atoms with Crippen LogP contribution in [0.25, 0.3) is 22.2 Å². The molecule has 130 valence electrons. The van der Waals surface area contributed by atoms with E-state index >= 15 is 0 Å². The number of nitrogens with zero attached hydrogens (tertiary/aromatic N) is 3. The molecule has 0 saturated heterocycles. The number of pyridine rings is 1. The Morgan fingerprint density at radius 3 is 2.64 bits per heavy atom. The minimum atomic E-state index is -4.54. The van der Waals surface area contributed by atoms with E-state index in [2.05, 4.69) is 15.1 Å². The summed E-state index contributed by atoms with van der Waals surface area (Å²) in [7, 11) is 0. The van der Waals surface area contributed by atoms with Gasteiger partial charge in [-0.3, -0.25) is 4.79 Å². The largest absolute Gasteiger partial charge is 0.504 e. The standard InChI is InChI=1S/C17H15F3N4O/c18-17(19,20)24-9-12(7-23-24)15-8-22-16-14(15)5-11(6-21-16)10-1-3-13(25)4-2-10/h5-10H,1-4H2,(H,21,22). The lowest BCUT2D eigenvalue weighted by atomic mass is 9.84. The average Bonchev–Trinajstić information content (AvgIpc) is 3.21. The van der Waals surface area contributed by atoms with Crippen LogP contribution in [-0.4, -0.2) is 25.5 Å². The molecule has 1 aliphatic rings. The summed E-state index contributed by atoms with van der Waals surface area (Å²) in [5.74, 6) is 0.544. The summed E-state index contributed by atoms with van der Waals surface area (Å²) >= 11 is 0. The molecule has 0 aromatic carbocycles. The fraction of sp³-hybridized carbons (Fsp3) is 0.353. The average molecular weight is 348 g/mol. The molecular formula is C17H15F3N4O. The maximum atomic E-state index is 12.7. The number of aromatic nitrogens is 4. The molecule has 0 spiro atoms. The number of rotatable bonds is 2. The first-order valence-corrected chi connectivity index (χ1v) is 8.03. The van der Waals surface area contributed by atoms with Crippen molar-refractivity contribution in [2.75, 3.05) is 0 Å². The van der Waals surface area contributed by atoms with Crippen LogP contribution in [0, 0.1) is 0 Å². The van der Waals surface area contributed by atoms with Crippen LogP contribution < -0.4 is 0 Å². The van der Waals surface area contributed by atoms with Gasteiger partial charge in [0, 0.05) is 47.9 Å². The number of Topliss-reactive ketones (excluding diaryl/α,β-unsaturated/α-hetero) is 1. The van der Waals surface area contributed by atoms with Crippen LogP contribution in [0.2, 0.25) is 0 Å². The zero-order chi connectivity index (χ0) is 17.6. The second-order valence-corrected chi connectivity index (χ2v) is 6.32. The third kappa shape index (κ3) is 2.92. The van der Waals surface area contributed by atoms with Crippen molar-refractivity contribution in [3.05, 3.63) is 36.4 Å². The zero-order valence-corrected chi connectivity index (χ0v) is 13.2. The second-order valence-electron chi connectivity index (χ2n) is 6.32. The number of carbonyl (C=O) groups is 1. The molecule has 1 N–H and O–H groups in total. The number of halogens is 3. The van der Waals surface area contributed by atoms with Gasteiger partial charge in [0.2, 0.25) is 0 Å². The Balaban J connectivity index is 1.72. The fourth-order valence-corrected chi connectivity index (χ4v) is 3.36. The van der Waals surface area contributed by atoms with Crippen molar-refractivity contribution in [2.45, 2.75) is 37.9 Å². The van der Waals surface area contributed by atoms with E-state index in [1.807, 2.05) is 6.07 Å². The molecule has 0 bridgehead atoms. The minimum Gasteiger partial charge on any atom is -0.346 e. The molecule has 3 heterocycles. The molecule has 4 rings (SSSR count). The van der Waals surface area contributed by atoms with Crippen LogP contribution in [0.15, 0.2) is 30.9 Å². The predicted molar refractivity (Wildman–Crippen MR) is 84.8 cm³/mol. The van der Waals surface area contributed by atoms with Gasteiger partial charge in [-0.25, -0.2) is 4.98 Å². The molecule has 0 unspecified atom stereocenters. The summed E-state index contributed by atoms with van der Waals surface area (Å²) in [6.45, 7) is 0. The summed E-state index contributed by atoms with van der Waals surface area (Å²) in [5.41, 5.74) is 2.64. The topological polar surface area (TPSA) is 63.6 Å². The van der Waals surface area contributed by atoms with Gasteiger partial charge in [0.15, 0.2) is 0 Å². The maximum absolute atomic E-state index is 12.7. The fourth-order valence-electron chi connectivity index (χ4n) is 3.36. The van der Waals surface area contributed by atoms with Gasteiger partial charge >= 0.3 is 6.30 Å². The lowest BCUT2D eigenvalue weighted by molar-refractivity contribution is -0.212. The highest BCUT2D eigenvalue weighted by molar-refractivity contribution is 5.93. The van der Waals surface area contributed by atoms with Gasteiger partial charge in [-0.15, -0.1) is 13.2 Å². The number of carbonyl (C=O) groups excluding carboxylic acids is 1. The molecule has 3 aromatic heterocycles. The number of alkyl halides is 3. The molecule has 0 aliphatic heterocycles. The quantitative estimate of drug-likeness (QED) is 0.757. The van der Waals surface area contributed by atoms with Crippen LogP contribution in [0.1, 0.15) is 37.2 Å². The molecule has 3 aromatic rings. The van der Waals surface area contributed by atoms with Crippen LogP contribution in [0.3, 0.4) is 0 Å². The van der Waals surface area contributed by atoms with Crippen molar-refractivity contribution < 1.29 is 18.0 Å². The van der Waals surface area contributed by atoms with Crippen molar-refractivity contribution in [3.8, 4) is 11.1 Å². The third-order valence-electron chi connectivity index (χ3n) is 4.72. The van der Waals surface area contributed by atoms with Crippen LogP contribution in [0.4, 0.5) is 13.2 Å². The maximum Gasteiger partial charge on any atom is 0.504 e. The molecule has 1 saturated carbocycles. The van der Waals surface area contributed by atoms with E-state index in [1.54, 1.807) is 12.4 Å². The van der Waals surface area contributed by atoms with E-state index in [0.29, 0.717) is 29.6 Å². The Morgan fingerprint density at radius 1 is 1.20 bits per heavy atom. The lowest BCUT2D eigenvalue weighted by Crippen LogP contribution is -2.16. The molecular weight excluding hydrogens is 333 g/mol. The highest BCUT2D eigenvalue weighted by Crippen LogP contribution is 2.35. The molecule has 1 aliphatic carbocycles.